The van der Waals surface area contributed by atoms with Gasteiger partial charge in [-0.05, 0) is 42.3 Å². The number of para-hydroxylation sites is 1. The highest BCUT2D eigenvalue weighted by Crippen LogP contribution is 2.28. The number of hydrogen-bond acceptors (Lipinski definition) is 3. The number of benzene rings is 2. The molecule has 3 nitrogen and oxygen atoms in total. The fourth-order valence-corrected chi connectivity index (χ4v) is 2.22. The predicted octanol–water partition coefficient (Wildman–Crippen LogP) is 4.46. The monoisotopic (exact) mass is 295 g/mol. The van der Waals surface area contributed by atoms with Gasteiger partial charge >= 0.3 is 0 Å². The second-order valence-electron chi connectivity index (χ2n) is 5.89. The summed E-state index contributed by atoms with van der Waals surface area (Å²) in [5.74, 6) is 2.11. The van der Waals surface area contributed by atoms with Gasteiger partial charge in [-0.25, -0.2) is 0 Å². The first kappa shape index (κ1) is 14.7. The molecule has 114 valence electrons. The van der Waals surface area contributed by atoms with Crippen molar-refractivity contribution in [2.45, 2.75) is 19.9 Å². The maximum atomic E-state index is 5.99. The van der Waals surface area contributed by atoms with Crippen molar-refractivity contribution < 1.29 is 9.15 Å². The first-order chi connectivity index (χ1) is 10.6. The lowest BCUT2D eigenvalue weighted by molar-refractivity contribution is 0.259. The Hall–Kier alpha value is -2.26. The quantitative estimate of drug-likeness (QED) is 0.756. The molecule has 22 heavy (non-hydrogen) atoms. The maximum Gasteiger partial charge on any atom is 0.135 e. The van der Waals surface area contributed by atoms with Gasteiger partial charge in [0, 0.05) is 17.0 Å². The number of hydrogen-bond donors (Lipinski definition) is 1. The third-order valence-electron chi connectivity index (χ3n) is 3.86. The molecule has 0 radical (unpaired) electrons. The van der Waals surface area contributed by atoms with E-state index in [0.717, 1.165) is 28.0 Å². The first-order valence-electron chi connectivity index (χ1n) is 7.61. The number of nitrogens with two attached hydrogens (primary N) is 1. The van der Waals surface area contributed by atoms with Gasteiger partial charge in [-0.1, -0.05) is 32.0 Å². The van der Waals surface area contributed by atoms with Crippen LogP contribution < -0.4 is 10.5 Å². The summed E-state index contributed by atoms with van der Waals surface area (Å²) in [4.78, 5) is 0. The summed E-state index contributed by atoms with van der Waals surface area (Å²) in [5, 5.41) is 1.11. The van der Waals surface area contributed by atoms with E-state index in [4.69, 9.17) is 14.9 Å². The van der Waals surface area contributed by atoms with E-state index in [-0.39, 0.29) is 6.04 Å². The van der Waals surface area contributed by atoms with Gasteiger partial charge in [-0.2, -0.15) is 0 Å². The average Bonchev–Trinajstić information content (AvgIpc) is 2.97. The van der Waals surface area contributed by atoms with Crippen molar-refractivity contribution in [3.63, 3.8) is 0 Å². The van der Waals surface area contributed by atoms with Crippen LogP contribution in [0.25, 0.3) is 22.3 Å². The number of furan rings is 1. The predicted molar refractivity (Wildman–Crippen MR) is 90.0 cm³/mol. The zero-order valence-corrected chi connectivity index (χ0v) is 13.0. The molecule has 1 heterocycles. The van der Waals surface area contributed by atoms with Gasteiger partial charge in [-0.15, -0.1) is 0 Å². The normalized spacial score (nSPS) is 12.7. The van der Waals surface area contributed by atoms with Gasteiger partial charge in [0.2, 0.25) is 0 Å². The standard InChI is InChI=1S/C19H21NO2/c1-13(2)17(20)12-21-16-9-7-14(8-10-16)19-11-15-5-3-4-6-18(15)22-19/h3-11,13,17H,12,20H2,1-2H3. The van der Waals surface area contributed by atoms with E-state index < -0.39 is 0 Å². The molecule has 1 aromatic heterocycles. The van der Waals surface area contributed by atoms with Crippen molar-refractivity contribution in [3.8, 4) is 17.1 Å². The molecule has 2 N–H and O–H groups in total. The summed E-state index contributed by atoms with van der Waals surface area (Å²) < 4.78 is 11.6. The molecule has 1 atom stereocenters. The first-order valence-corrected chi connectivity index (χ1v) is 7.61. The summed E-state index contributed by atoms with van der Waals surface area (Å²) >= 11 is 0. The summed E-state index contributed by atoms with van der Waals surface area (Å²) in [6.45, 7) is 4.72. The molecule has 0 fully saturated rings. The van der Waals surface area contributed by atoms with E-state index in [1.807, 2.05) is 48.5 Å². The van der Waals surface area contributed by atoms with Crippen LogP contribution in [-0.4, -0.2) is 12.6 Å². The van der Waals surface area contributed by atoms with Crippen molar-refractivity contribution in [2.75, 3.05) is 6.61 Å². The van der Waals surface area contributed by atoms with Gasteiger partial charge in [0.1, 0.15) is 23.7 Å². The van der Waals surface area contributed by atoms with E-state index in [1.54, 1.807) is 0 Å². The minimum Gasteiger partial charge on any atom is -0.492 e. The Kier molecular flexibility index (Phi) is 4.16. The van der Waals surface area contributed by atoms with E-state index in [9.17, 15) is 0 Å². The number of fused-ring (bicyclic) bond motifs is 1. The molecule has 3 heteroatoms. The molecule has 0 bridgehead atoms. The van der Waals surface area contributed by atoms with Gasteiger partial charge in [-0.3, -0.25) is 0 Å². The summed E-state index contributed by atoms with van der Waals surface area (Å²) in [5.41, 5.74) is 7.93. The molecule has 0 spiro atoms. The molecular weight excluding hydrogens is 274 g/mol. The number of rotatable bonds is 5. The minimum atomic E-state index is 0.0510. The van der Waals surface area contributed by atoms with E-state index >= 15 is 0 Å². The van der Waals surface area contributed by atoms with Crippen molar-refractivity contribution in [2.24, 2.45) is 11.7 Å². The third kappa shape index (κ3) is 3.15. The Balaban J connectivity index is 1.73. The van der Waals surface area contributed by atoms with Crippen molar-refractivity contribution in [3.05, 3.63) is 54.6 Å². The van der Waals surface area contributed by atoms with Gasteiger partial charge in [0.15, 0.2) is 0 Å². The summed E-state index contributed by atoms with van der Waals surface area (Å²) in [6.07, 6.45) is 0. The third-order valence-corrected chi connectivity index (χ3v) is 3.86. The van der Waals surface area contributed by atoms with E-state index in [0.29, 0.717) is 12.5 Å². The molecule has 0 saturated carbocycles. The molecule has 0 aliphatic carbocycles. The summed E-state index contributed by atoms with van der Waals surface area (Å²) in [7, 11) is 0. The lowest BCUT2D eigenvalue weighted by Gasteiger charge is -2.16. The molecule has 0 amide bonds. The molecule has 0 saturated heterocycles. The smallest absolute Gasteiger partial charge is 0.135 e. The Bertz CT molecular complexity index is 710. The molecule has 2 aromatic carbocycles. The Morgan fingerprint density at radius 2 is 1.77 bits per heavy atom. The van der Waals surface area contributed by atoms with Crippen LogP contribution in [0.1, 0.15) is 13.8 Å². The van der Waals surface area contributed by atoms with Crippen LogP contribution >= 0.6 is 0 Å². The molecular formula is C19H21NO2. The second-order valence-corrected chi connectivity index (χ2v) is 5.89. The van der Waals surface area contributed by atoms with Gasteiger partial charge in [0.25, 0.3) is 0 Å². The molecule has 3 aromatic rings. The SMILES string of the molecule is CC(C)C(N)COc1ccc(-c2cc3ccccc3o2)cc1. The topological polar surface area (TPSA) is 48.4 Å². The Morgan fingerprint density at radius 3 is 2.45 bits per heavy atom. The van der Waals surface area contributed by atoms with Crippen molar-refractivity contribution >= 4 is 11.0 Å². The van der Waals surface area contributed by atoms with Crippen molar-refractivity contribution in [1.29, 1.82) is 0 Å². The van der Waals surface area contributed by atoms with Crippen LogP contribution in [0, 0.1) is 5.92 Å². The van der Waals surface area contributed by atoms with Crippen LogP contribution in [-0.2, 0) is 0 Å². The van der Waals surface area contributed by atoms with E-state index in [2.05, 4.69) is 19.9 Å². The lowest BCUT2D eigenvalue weighted by Crippen LogP contribution is -2.32. The van der Waals surface area contributed by atoms with Crippen LogP contribution in [0.5, 0.6) is 5.75 Å². The zero-order chi connectivity index (χ0) is 15.5. The largest absolute Gasteiger partial charge is 0.492 e. The van der Waals surface area contributed by atoms with Crippen LogP contribution in [0.4, 0.5) is 0 Å². The zero-order valence-electron chi connectivity index (χ0n) is 13.0. The average molecular weight is 295 g/mol. The summed E-state index contributed by atoms with van der Waals surface area (Å²) in [6, 6.07) is 18.0. The minimum absolute atomic E-state index is 0.0510. The van der Waals surface area contributed by atoms with Gasteiger partial charge in [0.05, 0.1) is 0 Å². The van der Waals surface area contributed by atoms with Crippen molar-refractivity contribution in [1.82, 2.24) is 0 Å². The highest BCUT2D eigenvalue weighted by molar-refractivity contribution is 5.82. The Morgan fingerprint density at radius 1 is 1.05 bits per heavy atom. The Labute approximate surface area is 130 Å². The van der Waals surface area contributed by atoms with E-state index in [1.165, 1.54) is 0 Å². The van der Waals surface area contributed by atoms with Crippen LogP contribution in [0.2, 0.25) is 0 Å². The highest BCUT2D eigenvalue weighted by Gasteiger charge is 2.09. The number of ether oxygens (including phenoxy) is 1. The highest BCUT2D eigenvalue weighted by atomic mass is 16.5. The van der Waals surface area contributed by atoms with Gasteiger partial charge < -0.3 is 14.9 Å². The molecule has 0 aliphatic heterocycles. The lowest BCUT2D eigenvalue weighted by atomic mass is 10.1. The molecule has 0 aliphatic rings. The second kappa shape index (κ2) is 6.24. The fraction of sp³-hybridized carbons (Fsp3) is 0.263. The fourth-order valence-electron chi connectivity index (χ4n) is 2.22. The molecule has 3 rings (SSSR count). The maximum absolute atomic E-state index is 5.99. The van der Waals surface area contributed by atoms with Crippen LogP contribution in [0.15, 0.2) is 59.0 Å². The van der Waals surface area contributed by atoms with Crippen LogP contribution in [0.3, 0.4) is 0 Å². The molecule has 1 unspecified atom stereocenters.